The second-order valence-corrected chi connectivity index (χ2v) is 6.61. The number of methoxy groups -OCH3 is 2. The van der Waals surface area contributed by atoms with E-state index >= 15 is 0 Å². The van der Waals surface area contributed by atoms with Gasteiger partial charge >= 0.3 is 11.7 Å². The number of aryl methyl sites for hydroxylation is 1. The minimum absolute atomic E-state index is 0.0172. The van der Waals surface area contributed by atoms with Crippen LogP contribution in [0.25, 0.3) is 0 Å². The third-order valence-corrected chi connectivity index (χ3v) is 4.67. The molecule has 2 aromatic rings. The van der Waals surface area contributed by atoms with Gasteiger partial charge in [-0.25, -0.2) is 9.59 Å². The lowest BCUT2D eigenvalue weighted by Crippen LogP contribution is -2.39. The highest BCUT2D eigenvalue weighted by atomic mass is 79.9. The fourth-order valence-corrected chi connectivity index (χ4v) is 3.14. The Morgan fingerprint density at radius 1 is 1.17 bits per heavy atom. The number of hydrogen-bond donors (Lipinski definition) is 0. The van der Waals surface area contributed by atoms with Gasteiger partial charge in [-0.05, 0) is 33.6 Å². The molecule has 24 heavy (non-hydrogen) atoms. The number of carbonyl (C=O) groups is 1. The molecule has 9 heteroatoms. The lowest BCUT2D eigenvalue weighted by Gasteiger charge is -2.13. The van der Waals surface area contributed by atoms with Crippen molar-refractivity contribution in [3.05, 3.63) is 59.2 Å². The number of ether oxygens (including phenoxy) is 2. The van der Waals surface area contributed by atoms with Crippen LogP contribution in [0.3, 0.4) is 0 Å². The van der Waals surface area contributed by atoms with Gasteiger partial charge in [0, 0.05) is 17.7 Å². The number of rotatable bonds is 4. The SMILES string of the molecule is COC(=O)c1cc(Br)c(Cn2c(=O)c(Br)cn(C)c2=O)cc1OC. The first-order valence-electron chi connectivity index (χ1n) is 6.70. The van der Waals surface area contributed by atoms with E-state index in [-0.39, 0.29) is 16.6 Å². The van der Waals surface area contributed by atoms with Crippen molar-refractivity contribution in [3.8, 4) is 5.75 Å². The number of aromatic nitrogens is 2. The first kappa shape index (κ1) is 18.5. The Morgan fingerprint density at radius 2 is 1.83 bits per heavy atom. The third-order valence-electron chi connectivity index (χ3n) is 3.39. The van der Waals surface area contributed by atoms with Crippen LogP contribution >= 0.6 is 31.9 Å². The summed E-state index contributed by atoms with van der Waals surface area (Å²) in [6.45, 7) is 0.0172. The van der Waals surface area contributed by atoms with Gasteiger partial charge in [0.15, 0.2) is 0 Å². The quantitative estimate of drug-likeness (QED) is 0.650. The Balaban J connectivity index is 2.58. The van der Waals surface area contributed by atoms with Gasteiger partial charge in [-0.15, -0.1) is 0 Å². The zero-order chi connectivity index (χ0) is 18.0. The zero-order valence-corrected chi connectivity index (χ0v) is 16.3. The van der Waals surface area contributed by atoms with E-state index in [0.717, 1.165) is 4.57 Å². The van der Waals surface area contributed by atoms with Crippen LogP contribution in [0.5, 0.6) is 5.75 Å². The van der Waals surface area contributed by atoms with Gasteiger partial charge in [-0.2, -0.15) is 0 Å². The molecule has 0 radical (unpaired) electrons. The topological polar surface area (TPSA) is 79.5 Å². The fourth-order valence-electron chi connectivity index (χ4n) is 2.15. The lowest BCUT2D eigenvalue weighted by atomic mass is 10.1. The predicted octanol–water partition coefficient (Wildman–Crippen LogP) is 1.92. The maximum Gasteiger partial charge on any atom is 0.341 e. The minimum Gasteiger partial charge on any atom is -0.496 e. The number of halogens is 2. The molecule has 0 unspecified atom stereocenters. The van der Waals surface area contributed by atoms with E-state index in [1.54, 1.807) is 13.1 Å². The minimum atomic E-state index is -0.547. The van der Waals surface area contributed by atoms with Crippen LogP contribution in [-0.2, 0) is 18.3 Å². The molecular formula is C15H14Br2N2O5. The van der Waals surface area contributed by atoms with Gasteiger partial charge < -0.3 is 14.0 Å². The lowest BCUT2D eigenvalue weighted by molar-refractivity contribution is 0.0597. The molecule has 2 rings (SSSR count). The Hall–Kier alpha value is -1.87. The van der Waals surface area contributed by atoms with E-state index in [4.69, 9.17) is 9.47 Å². The highest BCUT2D eigenvalue weighted by Gasteiger charge is 2.17. The predicted molar refractivity (Wildman–Crippen MR) is 94.8 cm³/mol. The fraction of sp³-hybridized carbons (Fsp3) is 0.267. The second-order valence-electron chi connectivity index (χ2n) is 4.90. The molecule has 1 aromatic carbocycles. The van der Waals surface area contributed by atoms with Crippen molar-refractivity contribution in [3.63, 3.8) is 0 Å². The molecule has 0 spiro atoms. The van der Waals surface area contributed by atoms with E-state index in [9.17, 15) is 14.4 Å². The van der Waals surface area contributed by atoms with Gasteiger partial charge in [0.2, 0.25) is 0 Å². The largest absolute Gasteiger partial charge is 0.496 e. The molecule has 128 valence electrons. The number of nitrogens with zero attached hydrogens (tertiary/aromatic N) is 2. The van der Waals surface area contributed by atoms with Gasteiger partial charge in [-0.1, -0.05) is 15.9 Å². The summed E-state index contributed by atoms with van der Waals surface area (Å²) < 4.78 is 13.1. The number of esters is 1. The normalized spacial score (nSPS) is 10.5. The molecule has 1 heterocycles. The molecule has 0 aliphatic heterocycles. The molecule has 0 bridgehead atoms. The van der Waals surface area contributed by atoms with Gasteiger partial charge in [0.05, 0.1) is 25.2 Å². The number of hydrogen-bond acceptors (Lipinski definition) is 5. The Kier molecular flexibility index (Phi) is 5.66. The van der Waals surface area contributed by atoms with Gasteiger partial charge in [-0.3, -0.25) is 9.36 Å². The third kappa shape index (κ3) is 3.46. The molecule has 0 saturated heterocycles. The smallest absolute Gasteiger partial charge is 0.341 e. The van der Waals surface area contributed by atoms with Crippen molar-refractivity contribution >= 4 is 37.8 Å². The van der Waals surface area contributed by atoms with Crippen LogP contribution < -0.4 is 16.0 Å². The van der Waals surface area contributed by atoms with E-state index in [1.165, 1.54) is 31.0 Å². The van der Waals surface area contributed by atoms with Crippen molar-refractivity contribution in [1.29, 1.82) is 0 Å². The molecule has 0 aliphatic carbocycles. The van der Waals surface area contributed by atoms with Crippen LogP contribution in [-0.4, -0.2) is 29.3 Å². The molecular weight excluding hydrogens is 448 g/mol. The summed E-state index contributed by atoms with van der Waals surface area (Å²) in [6.07, 6.45) is 1.41. The molecule has 7 nitrogen and oxygen atoms in total. The van der Waals surface area contributed by atoms with Crippen molar-refractivity contribution in [2.45, 2.75) is 6.54 Å². The van der Waals surface area contributed by atoms with Crippen molar-refractivity contribution < 1.29 is 14.3 Å². The molecule has 0 N–H and O–H groups in total. The molecule has 0 atom stereocenters. The summed E-state index contributed by atoms with van der Waals surface area (Å²) >= 11 is 6.49. The zero-order valence-electron chi connectivity index (χ0n) is 13.1. The molecule has 1 aromatic heterocycles. The monoisotopic (exact) mass is 460 g/mol. The van der Waals surface area contributed by atoms with Crippen LogP contribution in [0.1, 0.15) is 15.9 Å². The highest BCUT2D eigenvalue weighted by molar-refractivity contribution is 9.10. The summed E-state index contributed by atoms with van der Waals surface area (Å²) in [4.78, 5) is 36.2. The number of benzene rings is 1. The number of carbonyl (C=O) groups excluding carboxylic acids is 1. The Morgan fingerprint density at radius 3 is 2.42 bits per heavy atom. The highest BCUT2D eigenvalue weighted by Crippen LogP contribution is 2.28. The summed E-state index contributed by atoms with van der Waals surface area (Å²) in [6, 6.07) is 3.12. The summed E-state index contributed by atoms with van der Waals surface area (Å²) in [7, 11) is 4.25. The van der Waals surface area contributed by atoms with E-state index in [2.05, 4.69) is 31.9 Å². The molecule has 0 saturated carbocycles. The van der Waals surface area contributed by atoms with Crippen molar-refractivity contribution in [1.82, 2.24) is 9.13 Å². The van der Waals surface area contributed by atoms with E-state index in [0.29, 0.717) is 15.8 Å². The Bertz CT molecular complexity index is 883. The van der Waals surface area contributed by atoms with Crippen LogP contribution in [0, 0.1) is 0 Å². The Labute approximate surface area is 154 Å². The standard InChI is InChI=1S/C15H14Br2N2O5/c1-18-7-11(17)13(20)19(15(18)22)6-8-4-12(23-2)9(5-10(8)16)14(21)24-3/h4-5,7H,6H2,1-3H3. The van der Waals surface area contributed by atoms with Crippen molar-refractivity contribution in [2.24, 2.45) is 7.05 Å². The first-order valence-corrected chi connectivity index (χ1v) is 8.29. The van der Waals surface area contributed by atoms with E-state index in [1.807, 2.05) is 0 Å². The van der Waals surface area contributed by atoms with Gasteiger partial charge in [0.25, 0.3) is 5.56 Å². The summed E-state index contributed by atoms with van der Waals surface area (Å²) in [5.41, 5.74) is -0.0472. The summed E-state index contributed by atoms with van der Waals surface area (Å²) in [5.74, 6) is -0.255. The van der Waals surface area contributed by atoms with Crippen LogP contribution in [0.2, 0.25) is 0 Å². The maximum absolute atomic E-state index is 12.2. The first-order chi connectivity index (χ1) is 11.3. The van der Waals surface area contributed by atoms with Crippen LogP contribution in [0.15, 0.2) is 36.9 Å². The second kappa shape index (κ2) is 7.35. The summed E-state index contributed by atoms with van der Waals surface area (Å²) in [5, 5.41) is 0. The molecule has 0 aliphatic rings. The van der Waals surface area contributed by atoms with Crippen molar-refractivity contribution in [2.75, 3.05) is 14.2 Å². The molecule has 0 fully saturated rings. The maximum atomic E-state index is 12.2. The average molecular weight is 462 g/mol. The van der Waals surface area contributed by atoms with Gasteiger partial charge in [0.1, 0.15) is 11.3 Å². The molecule has 0 amide bonds. The average Bonchev–Trinajstić information content (AvgIpc) is 2.57. The van der Waals surface area contributed by atoms with E-state index < -0.39 is 17.2 Å². The van der Waals surface area contributed by atoms with Crippen LogP contribution in [0.4, 0.5) is 0 Å².